The largest absolute Gasteiger partial charge is 0.352 e. The molecule has 0 saturated carbocycles. The number of nitrogens with one attached hydrogen (secondary N) is 1. The summed E-state index contributed by atoms with van der Waals surface area (Å²) in [5.41, 5.74) is 7.90. The van der Waals surface area contributed by atoms with Crippen molar-refractivity contribution in [3.8, 4) is 0 Å². The average Bonchev–Trinajstić information content (AvgIpc) is 3.15. The van der Waals surface area contributed by atoms with Gasteiger partial charge in [0.05, 0.1) is 6.33 Å². The van der Waals surface area contributed by atoms with Gasteiger partial charge in [-0.3, -0.25) is 9.69 Å². The van der Waals surface area contributed by atoms with Crippen LogP contribution < -0.4 is 11.1 Å². The zero-order valence-electron chi connectivity index (χ0n) is 14.6. The molecule has 1 aromatic heterocycles. The molecule has 1 aliphatic heterocycles. The highest BCUT2D eigenvalue weighted by molar-refractivity contribution is 5.94. The van der Waals surface area contributed by atoms with E-state index in [0.29, 0.717) is 18.2 Å². The molecule has 0 bridgehead atoms. The maximum atomic E-state index is 12.2. The van der Waals surface area contributed by atoms with E-state index in [4.69, 9.17) is 5.73 Å². The van der Waals surface area contributed by atoms with E-state index in [0.717, 1.165) is 45.4 Å². The Balaban J connectivity index is 1.41. The van der Waals surface area contributed by atoms with Crippen LogP contribution in [-0.2, 0) is 13.1 Å². The molecule has 0 atom stereocenters. The number of aromatic nitrogens is 2. The van der Waals surface area contributed by atoms with Crippen LogP contribution in [0.4, 0.5) is 0 Å². The van der Waals surface area contributed by atoms with Crippen molar-refractivity contribution in [1.82, 2.24) is 19.8 Å². The third kappa shape index (κ3) is 5.41. The van der Waals surface area contributed by atoms with Crippen LogP contribution in [0.3, 0.4) is 0 Å². The molecule has 0 radical (unpaired) electrons. The number of carbonyl (C=O) groups is 1. The molecule has 1 amide bonds. The Morgan fingerprint density at radius 2 is 2.00 bits per heavy atom. The van der Waals surface area contributed by atoms with Crippen molar-refractivity contribution in [1.29, 1.82) is 0 Å². The van der Waals surface area contributed by atoms with Crippen LogP contribution in [-0.4, -0.2) is 46.0 Å². The van der Waals surface area contributed by atoms with Crippen molar-refractivity contribution < 1.29 is 4.79 Å². The van der Waals surface area contributed by atoms with Crippen LogP contribution in [0.15, 0.2) is 43.0 Å². The summed E-state index contributed by atoms with van der Waals surface area (Å²) in [5.74, 6) is -0.0128. The number of aryl methyl sites for hydroxylation is 1. The lowest BCUT2D eigenvalue weighted by molar-refractivity contribution is 0.0952. The molecule has 2 aromatic rings. The van der Waals surface area contributed by atoms with E-state index in [1.807, 2.05) is 22.9 Å². The number of carbonyl (C=O) groups excluding carboxylic acids is 1. The van der Waals surface area contributed by atoms with Gasteiger partial charge in [0.2, 0.25) is 0 Å². The topological polar surface area (TPSA) is 76.2 Å². The number of likely N-dealkylation sites (tertiary alicyclic amines) is 1. The number of amides is 1. The second-order valence-corrected chi connectivity index (χ2v) is 6.72. The summed E-state index contributed by atoms with van der Waals surface area (Å²) in [7, 11) is 0. The minimum Gasteiger partial charge on any atom is -0.352 e. The van der Waals surface area contributed by atoms with Gasteiger partial charge in [0, 0.05) is 43.6 Å². The van der Waals surface area contributed by atoms with Gasteiger partial charge < -0.3 is 15.6 Å². The Hall–Kier alpha value is -2.18. The van der Waals surface area contributed by atoms with Crippen LogP contribution in [0.2, 0.25) is 0 Å². The Kier molecular flexibility index (Phi) is 6.19. The molecule has 2 heterocycles. The number of imidazole rings is 1. The molecule has 3 rings (SSSR count). The predicted molar refractivity (Wildman–Crippen MR) is 98.1 cm³/mol. The zero-order valence-corrected chi connectivity index (χ0v) is 14.6. The second kappa shape index (κ2) is 8.78. The molecule has 1 saturated heterocycles. The third-order valence-corrected chi connectivity index (χ3v) is 4.69. The van der Waals surface area contributed by atoms with Crippen LogP contribution in [0.25, 0.3) is 0 Å². The zero-order chi connectivity index (χ0) is 17.5. The molecule has 0 unspecified atom stereocenters. The Labute approximate surface area is 149 Å². The Bertz CT molecular complexity index is 645. The summed E-state index contributed by atoms with van der Waals surface area (Å²) in [6, 6.07) is 8.28. The summed E-state index contributed by atoms with van der Waals surface area (Å²) < 4.78 is 2.01. The maximum absolute atomic E-state index is 12.2. The molecule has 1 aromatic carbocycles. The number of piperidine rings is 1. The number of hydrogen-bond donors (Lipinski definition) is 2. The summed E-state index contributed by atoms with van der Waals surface area (Å²) in [6.07, 6.45) is 8.50. The monoisotopic (exact) mass is 341 g/mol. The highest BCUT2D eigenvalue weighted by atomic mass is 16.1. The van der Waals surface area contributed by atoms with Crippen LogP contribution in [0.1, 0.15) is 35.2 Å². The van der Waals surface area contributed by atoms with Gasteiger partial charge in [-0.1, -0.05) is 12.1 Å². The van der Waals surface area contributed by atoms with Gasteiger partial charge >= 0.3 is 0 Å². The lowest BCUT2D eigenvalue weighted by atomic mass is 10.0. The van der Waals surface area contributed by atoms with Gasteiger partial charge in [0.25, 0.3) is 5.91 Å². The standard InChI is InChI=1S/C19H27N5O/c20-18-6-11-23(12-7-18)14-16-2-4-17(5-3-16)19(25)22-8-1-10-24-13-9-21-15-24/h2-5,9,13,15,18H,1,6-8,10-12,14,20H2,(H,22,25). The van der Waals surface area contributed by atoms with Crippen molar-refractivity contribution in [2.45, 2.75) is 38.4 Å². The minimum absolute atomic E-state index is 0.0128. The molecule has 0 aliphatic carbocycles. The molecule has 134 valence electrons. The summed E-state index contributed by atoms with van der Waals surface area (Å²) >= 11 is 0. The number of rotatable bonds is 7. The fourth-order valence-electron chi connectivity index (χ4n) is 3.12. The molecule has 1 aliphatic rings. The number of nitrogens with zero attached hydrogens (tertiary/aromatic N) is 3. The molecule has 25 heavy (non-hydrogen) atoms. The molecule has 6 nitrogen and oxygen atoms in total. The normalized spacial score (nSPS) is 16.0. The first kappa shape index (κ1) is 17.6. The average molecular weight is 341 g/mol. The quantitative estimate of drug-likeness (QED) is 0.751. The van der Waals surface area contributed by atoms with Gasteiger partial charge in [-0.25, -0.2) is 4.98 Å². The first-order chi connectivity index (χ1) is 12.2. The van der Waals surface area contributed by atoms with E-state index in [-0.39, 0.29) is 5.91 Å². The van der Waals surface area contributed by atoms with Crippen molar-refractivity contribution in [3.05, 3.63) is 54.1 Å². The molecule has 6 heteroatoms. The summed E-state index contributed by atoms with van der Waals surface area (Å²) in [6.45, 7) is 4.56. The molecular weight excluding hydrogens is 314 g/mol. The van der Waals surface area contributed by atoms with Crippen molar-refractivity contribution in [2.24, 2.45) is 5.73 Å². The van der Waals surface area contributed by atoms with E-state index in [9.17, 15) is 4.79 Å². The van der Waals surface area contributed by atoms with Crippen LogP contribution >= 0.6 is 0 Å². The molecule has 1 fully saturated rings. The van der Waals surface area contributed by atoms with Crippen molar-refractivity contribution >= 4 is 5.91 Å². The number of hydrogen-bond acceptors (Lipinski definition) is 4. The fraction of sp³-hybridized carbons (Fsp3) is 0.474. The van der Waals surface area contributed by atoms with Gasteiger partial charge in [-0.2, -0.15) is 0 Å². The lowest BCUT2D eigenvalue weighted by Crippen LogP contribution is -2.39. The summed E-state index contributed by atoms with van der Waals surface area (Å²) in [4.78, 5) is 18.6. The number of benzene rings is 1. The first-order valence-electron chi connectivity index (χ1n) is 9.01. The Morgan fingerprint density at radius 1 is 1.24 bits per heavy atom. The number of nitrogens with two attached hydrogens (primary N) is 1. The van der Waals surface area contributed by atoms with Gasteiger partial charge in [0.15, 0.2) is 0 Å². The van der Waals surface area contributed by atoms with E-state index in [2.05, 4.69) is 27.3 Å². The van der Waals surface area contributed by atoms with E-state index in [1.165, 1.54) is 5.56 Å². The molecular formula is C19H27N5O. The molecule has 0 spiro atoms. The van der Waals surface area contributed by atoms with E-state index >= 15 is 0 Å². The Morgan fingerprint density at radius 3 is 2.68 bits per heavy atom. The van der Waals surface area contributed by atoms with Gasteiger partial charge in [-0.15, -0.1) is 0 Å². The van der Waals surface area contributed by atoms with Crippen molar-refractivity contribution in [3.63, 3.8) is 0 Å². The van der Waals surface area contributed by atoms with Crippen molar-refractivity contribution in [2.75, 3.05) is 19.6 Å². The predicted octanol–water partition coefficient (Wildman–Crippen LogP) is 1.63. The summed E-state index contributed by atoms with van der Waals surface area (Å²) in [5, 5.41) is 2.97. The third-order valence-electron chi connectivity index (χ3n) is 4.69. The highest BCUT2D eigenvalue weighted by Gasteiger charge is 2.16. The lowest BCUT2D eigenvalue weighted by Gasteiger charge is -2.30. The molecule has 3 N–H and O–H groups in total. The second-order valence-electron chi connectivity index (χ2n) is 6.72. The SMILES string of the molecule is NC1CCN(Cc2ccc(C(=O)NCCCn3ccnc3)cc2)CC1. The minimum atomic E-state index is -0.0128. The maximum Gasteiger partial charge on any atom is 0.251 e. The highest BCUT2D eigenvalue weighted by Crippen LogP contribution is 2.13. The van der Waals surface area contributed by atoms with E-state index < -0.39 is 0 Å². The van der Waals surface area contributed by atoms with E-state index in [1.54, 1.807) is 12.5 Å². The first-order valence-corrected chi connectivity index (χ1v) is 9.01. The van der Waals surface area contributed by atoms with Gasteiger partial charge in [-0.05, 0) is 50.0 Å². The van der Waals surface area contributed by atoms with Gasteiger partial charge in [0.1, 0.15) is 0 Å². The smallest absolute Gasteiger partial charge is 0.251 e. The van der Waals surface area contributed by atoms with Crippen LogP contribution in [0, 0.1) is 0 Å². The van der Waals surface area contributed by atoms with Crippen LogP contribution in [0.5, 0.6) is 0 Å². The fourth-order valence-corrected chi connectivity index (χ4v) is 3.12.